The molecule has 1 unspecified atom stereocenters. The van der Waals surface area contributed by atoms with Crippen LogP contribution < -0.4 is 0 Å². The number of rotatable bonds is 6. The Kier molecular flexibility index (Phi) is 4.19. The summed E-state index contributed by atoms with van der Waals surface area (Å²) in [5.74, 6) is 0.472. The van der Waals surface area contributed by atoms with Crippen molar-refractivity contribution in [1.82, 2.24) is 15.0 Å². The van der Waals surface area contributed by atoms with Crippen molar-refractivity contribution < 1.29 is 14.4 Å². The van der Waals surface area contributed by atoms with Gasteiger partial charge in [-0.05, 0) is 32.2 Å². The quantitative estimate of drug-likeness (QED) is 0.847. The smallest absolute Gasteiger partial charge is 0.324 e. The maximum absolute atomic E-state index is 11.6. The molecule has 0 amide bonds. The molecular formula is C13H21N3O3. The van der Waals surface area contributed by atoms with Gasteiger partial charge in [0, 0.05) is 6.42 Å². The molecule has 1 N–H and O–H groups in total. The summed E-state index contributed by atoms with van der Waals surface area (Å²) < 4.78 is 5.20. The van der Waals surface area contributed by atoms with Gasteiger partial charge in [0.1, 0.15) is 5.54 Å². The van der Waals surface area contributed by atoms with Gasteiger partial charge in [-0.1, -0.05) is 19.0 Å². The molecule has 0 spiro atoms. The molecule has 6 heteroatoms. The van der Waals surface area contributed by atoms with Crippen molar-refractivity contribution in [2.24, 2.45) is 0 Å². The van der Waals surface area contributed by atoms with Crippen LogP contribution in [0.15, 0.2) is 4.52 Å². The molecule has 6 nitrogen and oxygen atoms in total. The average Bonchev–Trinajstić information content (AvgIpc) is 2.98. The van der Waals surface area contributed by atoms with Gasteiger partial charge in [-0.2, -0.15) is 4.98 Å². The predicted octanol–water partition coefficient (Wildman–Crippen LogP) is 1.85. The van der Waals surface area contributed by atoms with Crippen LogP contribution in [0.2, 0.25) is 0 Å². The number of carbonyl (C=O) groups is 1. The van der Waals surface area contributed by atoms with E-state index in [2.05, 4.69) is 17.1 Å². The predicted molar refractivity (Wildman–Crippen MR) is 68.6 cm³/mol. The Morgan fingerprint density at radius 2 is 2.32 bits per heavy atom. The van der Waals surface area contributed by atoms with Crippen LogP contribution in [-0.2, 0) is 17.8 Å². The minimum atomic E-state index is -0.764. The van der Waals surface area contributed by atoms with Crippen LogP contribution >= 0.6 is 0 Å². The molecular weight excluding hydrogens is 246 g/mol. The minimum Gasteiger partial charge on any atom is -0.480 e. The maximum atomic E-state index is 11.6. The Bertz CT molecular complexity index is 446. The molecule has 0 aromatic carbocycles. The third-order valence-electron chi connectivity index (χ3n) is 3.92. The summed E-state index contributed by atoms with van der Waals surface area (Å²) in [4.78, 5) is 17.8. The summed E-state index contributed by atoms with van der Waals surface area (Å²) in [5, 5.41) is 13.4. The number of aryl methyl sites for hydroxylation is 1. The standard InChI is InChI=1S/C13H21N3O3/c1-3-6-10-14-11(19-15-10)9-16-8-5-7-13(16,4-2)12(17)18/h3-9H2,1-2H3,(H,17,18). The van der Waals surface area contributed by atoms with E-state index >= 15 is 0 Å². The zero-order chi connectivity index (χ0) is 13.9. The second-order valence-corrected chi connectivity index (χ2v) is 5.07. The highest BCUT2D eigenvalue weighted by Gasteiger charge is 2.46. The molecule has 1 fully saturated rings. The van der Waals surface area contributed by atoms with Crippen LogP contribution in [0.4, 0.5) is 0 Å². The van der Waals surface area contributed by atoms with Gasteiger partial charge in [0.25, 0.3) is 0 Å². The molecule has 1 aliphatic heterocycles. The van der Waals surface area contributed by atoms with E-state index in [4.69, 9.17) is 4.52 Å². The molecule has 0 bridgehead atoms. The van der Waals surface area contributed by atoms with Crippen LogP contribution in [0.25, 0.3) is 0 Å². The van der Waals surface area contributed by atoms with Crippen LogP contribution in [-0.4, -0.2) is 38.2 Å². The molecule has 0 radical (unpaired) electrons. The Balaban J connectivity index is 2.10. The van der Waals surface area contributed by atoms with E-state index in [0.29, 0.717) is 31.1 Å². The minimum absolute atomic E-state index is 0.427. The topological polar surface area (TPSA) is 79.5 Å². The second-order valence-electron chi connectivity index (χ2n) is 5.07. The molecule has 2 rings (SSSR count). The molecule has 0 saturated carbocycles. The lowest BCUT2D eigenvalue weighted by Gasteiger charge is -2.32. The Morgan fingerprint density at radius 3 is 2.95 bits per heavy atom. The molecule has 1 aliphatic rings. The van der Waals surface area contributed by atoms with Crippen molar-refractivity contribution in [1.29, 1.82) is 0 Å². The molecule has 2 heterocycles. The number of aromatic nitrogens is 2. The first-order valence-corrected chi connectivity index (χ1v) is 6.92. The summed E-state index contributed by atoms with van der Waals surface area (Å²) in [6.45, 7) is 5.17. The molecule has 1 saturated heterocycles. The Labute approximate surface area is 112 Å². The van der Waals surface area contributed by atoms with Crippen molar-refractivity contribution in [3.8, 4) is 0 Å². The van der Waals surface area contributed by atoms with E-state index in [-0.39, 0.29) is 0 Å². The van der Waals surface area contributed by atoms with Gasteiger partial charge in [0.2, 0.25) is 5.89 Å². The largest absolute Gasteiger partial charge is 0.480 e. The van der Waals surface area contributed by atoms with Gasteiger partial charge >= 0.3 is 5.97 Å². The SMILES string of the molecule is CCCc1noc(CN2CCCC2(CC)C(=O)O)n1. The summed E-state index contributed by atoms with van der Waals surface area (Å²) in [7, 11) is 0. The number of carboxylic acids is 1. The zero-order valence-corrected chi connectivity index (χ0v) is 11.6. The third-order valence-corrected chi connectivity index (χ3v) is 3.92. The van der Waals surface area contributed by atoms with Crippen LogP contribution in [0.1, 0.15) is 51.2 Å². The summed E-state index contributed by atoms with van der Waals surface area (Å²) >= 11 is 0. The molecule has 106 valence electrons. The molecule has 1 aromatic heterocycles. The number of hydrogen-bond donors (Lipinski definition) is 1. The van der Waals surface area contributed by atoms with Gasteiger partial charge in [-0.25, -0.2) is 0 Å². The number of hydrogen-bond acceptors (Lipinski definition) is 5. The number of carboxylic acid groups (broad SMARTS) is 1. The lowest BCUT2D eigenvalue weighted by molar-refractivity contribution is -0.150. The van der Waals surface area contributed by atoms with E-state index in [9.17, 15) is 9.90 Å². The fraction of sp³-hybridized carbons (Fsp3) is 0.769. The van der Waals surface area contributed by atoms with Gasteiger partial charge in [-0.15, -0.1) is 0 Å². The van der Waals surface area contributed by atoms with Gasteiger partial charge in [0.05, 0.1) is 6.54 Å². The maximum Gasteiger partial charge on any atom is 0.324 e. The zero-order valence-electron chi connectivity index (χ0n) is 11.6. The highest BCUT2D eigenvalue weighted by Crippen LogP contribution is 2.33. The highest BCUT2D eigenvalue weighted by atomic mass is 16.5. The lowest BCUT2D eigenvalue weighted by atomic mass is 9.93. The molecule has 19 heavy (non-hydrogen) atoms. The fourth-order valence-electron chi connectivity index (χ4n) is 2.80. The summed E-state index contributed by atoms with van der Waals surface area (Å²) in [6.07, 6.45) is 3.95. The van der Waals surface area contributed by atoms with Crippen molar-refractivity contribution in [3.05, 3.63) is 11.7 Å². The van der Waals surface area contributed by atoms with E-state index in [0.717, 1.165) is 25.8 Å². The number of nitrogens with zero attached hydrogens (tertiary/aromatic N) is 3. The summed E-state index contributed by atoms with van der Waals surface area (Å²) in [6, 6.07) is 0. The van der Waals surface area contributed by atoms with Crippen molar-refractivity contribution in [2.45, 2.75) is 58.0 Å². The number of aliphatic carboxylic acids is 1. The van der Waals surface area contributed by atoms with E-state index in [1.54, 1.807) is 0 Å². The monoisotopic (exact) mass is 267 g/mol. The van der Waals surface area contributed by atoms with E-state index < -0.39 is 11.5 Å². The van der Waals surface area contributed by atoms with Gasteiger partial charge in [0.15, 0.2) is 5.82 Å². The molecule has 1 aromatic rings. The second kappa shape index (κ2) is 5.69. The first-order chi connectivity index (χ1) is 9.12. The molecule has 1 atom stereocenters. The normalized spacial score (nSPS) is 23.9. The first-order valence-electron chi connectivity index (χ1n) is 6.92. The van der Waals surface area contributed by atoms with Crippen molar-refractivity contribution in [2.75, 3.05) is 6.54 Å². The molecule has 0 aliphatic carbocycles. The summed E-state index contributed by atoms with van der Waals surface area (Å²) in [5.41, 5.74) is -0.764. The van der Waals surface area contributed by atoms with Crippen molar-refractivity contribution >= 4 is 5.97 Å². The first kappa shape index (κ1) is 14.0. The van der Waals surface area contributed by atoms with E-state index in [1.807, 2.05) is 11.8 Å². The Morgan fingerprint density at radius 1 is 1.53 bits per heavy atom. The number of likely N-dealkylation sites (tertiary alicyclic amines) is 1. The van der Waals surface area contributed by atoms with Crippen LogP contribution in [0.3, 0.4) is 0 Å². The van der Waals surface area contributed by atoms with Crippen LogP contribution in [0.5, 0.6) is 0 Å². The van der Waals surface area contributed by atoms with Gasteiger partial charge < -0.3 is 9.63 Å². The van der Waals surface area contributed by atoms with Crippen molar-refractivity contribution in [3.63, 3.8) is 0 Å². The third kappa shape index (κ3) is 2.63. The highest BCUT2D eigenvalue weighted by molar-refractivity contribution is 5.79. The fourth-order valence-corrected chi connectivity index (χ4v) is 2.80. The Hall–Kier alpha value is -1.43. The van der Waals surface area contributed by atoms with E-state index in [1.165, 1.54) is 0 Å². The lowest BCUT2D eigenvalue weighted by Crippen LogP contribution is -2.49. The van der Waals surface area contributed by atoms with Crippen LogP contribution in [0, 0.1) is 0 Å². The average molecular weight is 267 g/mol. The van der Waals surface area contributed by atoms with Gasteiger partial charge in [-0.3, -0.25) is 9.69 Å².